The van der Waals surface area contributed by atoms with Gasteiger partial charge in [0, 0.05) is 13.0 Å². The number of nitrogens with zero attached hydrogens (tertiary/aromatic N) is 2. The number of rotatable bonds is 4. The van der Waals surface area contributed by atoms with Crippen LogP contribution in [-0.4, -0.2) is 23.5 Å². The fourth-order valence-corrected chi connectivity index (χ4v) is 3.46. The van der Waals surface area contributed by atoms with Crippen molar-refractivity contribution in [1.29, 1.82) is 5.26 Å². The van der Waals surface area contributed by atoms with Gasteiger partial charge in [-0.3, -0.25) is 4.79 Å². The van der Waals surface area contributed by atoms with Gasteiger partial charge in [0.2, 0.25) is 0 Å². The molecule has 3 rings (SSSR count). The van der Waals surface area contributed by atoms with Gasteiger partial charge in [-0.1, -0.05) is 12.1 Å². The lowest BCUT2D eigenvalue weighted by Crippen LogP contribution is -2.18. The Balaban J connectivity index is 1.81. The number of para-hydroxylation sites is 1. The number of aromatic nitrogens is 1. The number of carbonyl (C=O) groups excluding carboxylic acids is 1. The van der Waals surface area contributed by atoms with Gasteiger partial charge in [0.15, 0.2) is 11.7 Å². The van der Waals surface area contributed by atoms with E-state index in [-0.39, 0.29) is 11.9 Å². The lowest BCUT2D eigenvalue weighted by atomic mass is 10.00. The molecule has 1 saturated heterocycles. The standard InChI is InChI=1S/C15H14N2O2S/c16-9-11(13(18)8-10-4-3-7-19-10)15-17-12-5-1-2-6-14(12)20-15/h1-2,5-6,10-11H,3-4,7-8H2/t10-,11-/m1/s1. The molecule has 5 heteroatoms. The van der Waals surface area contributed by atoms with E-state index in [0.717, 1.165) is 29.7 Å². The maximum Gasteiger partial charge on any atom is 0.159 e. The largest absolute Gasteiger partial charge is 0.378 e. The van der Waals surface area contributed by atoms with E-state index in [1.807, 2.05) is 24.3 Å². The molecule has 0 bridgehead atoms. The molecule has 1 aliphatic heterocycles. The Labute approximate surface area is 121 Å². The summed E-state index contributed by atoms with van der Waals surface area (Å²) in [5.74, 6) is -0.852. The van der Waals surface area contributed by atoms with Gasteiger partial charge in [-0.2, -0.15) is 5.26 Å². The van der Waals surface area contributed by atoms with Crippen LogP contribution in [0.15, 0.2) is 24.3 Å². The minimum Gasteiger partial charge on any atom is -0.378 e. The van der Waals surface area contributed by atoms with E-state index in [4.69, 9.17) is 4.74 Å². The van der Waals surface area contributed by atoms with E-state index >= 15 is 0 Å². The van der Waals surface area contributed by atoms with Crippen LogP contribution in [0.2, 0.25) is 0 Å². The van der Waals surface area contributed by atoms with E-state index < -0.39 is 5.92 Å². The first kappa shape index (κ1) is 13.2. The smallest absolute Gasteiger partial charge is 0.159 e. The third-order valence-corrected chi connectivity index (χ3v) is 4.56. The summed E-state index contributed by atoms with van der Waals surface area (Å²) < 4.78 is 6.47. The van der Waals surface area contributed by atoms with Crippen molar-refractivity contribution in [3.05, 3.63) is 29.3 Å². The van der Waals surface area contributed by atoms with Crippen LogP contribution < -0.4 is 0 Å². The second-order valence-electron chi connectivity index (χ2n) is 4.89. The molecule has 2 aromatic rings. The molecule has 2 heterocycles. The van der Waals surface area contributed by atoms with Gasteiger partial charge in [0.1, 0.15) is 5.01 Å². The summed E-state index contributed by atoms with van der Waals surface area (Å²) in [5.41, 5.74) is 0.845. The first-order valence-electron chi connectivity index (χ1n) is 6.67. The van der Waals surface area contributed by atoms with Crippen LogP contribution in [-0.2, 0) is 9.53 Å². The highest BCUT2D eigenvalue weighted by molar-refractivity contribution is 7.18. The lowest BCUT2D eigenvalue weighted by Gasteiger charge is -2.10. The second kappa shape index (κ2) is 5.70. The highest BCUT2D eigenvalue weighted by Gasteiger charge is 2.28. The van der Waals surface area contributed by atoms with Crippen LogP contribution in [0.4, 0.5) is 0 Å². The SMILES string of the molecule is N#C[C@H](C(=O)C[C@H]1CCCO1)c1nc2ccccc2s1. The van der Waals surface area contributed by atoms with Crippen molar-refractivity contribution in [2.24, 2.45) is 0 Å². The molecule has 0 N–H and O–H groups in total. The molecule has 20 heavy (non-hydrogen) atoms. The minimum absolute atomic E-state index is 0.0206. The van der Waals surface area contributed by atoms with Gasteiger partial charge in [-0.05, 0) is 25.0 Å². The zero-order valence-corrected chi connectivity index (χ0v) is 11.7. The van der Waals surface area contributed by atoms with E-state index in [1.54, 1.807) is 0 Å². The molecule has 2 atom stereocenters. The second-order valence-corrected chi connectivity index (χ2v) is 5.95. The quantitative estimate of drug-likeness (QED) is 0.866. The summed E-state index contributed by atoms with van der Waals surface area (Å²) in [6.45, 7) is 0.719. The number of fused-ring (bicyclic) bond motifs is 1. The van der Waals surface area contributed by atoms with Crippen LogP contribution in [0.1, 0.15) is 30.2 Å². The van der Waals surface area contributed by atoms with E-state index in [2.05, 4.69) is 11.1 Å². The molecular weight excluding hydrogens is 272 g/mol. The molecule has 1 aliphatic rings. The van der Waals surface area contributed by atoms with Crippen molar-refractivity contribution in [2.75, 3.05) is 6.61 Å². The highest BCUT2D eigenvalue weighted by atomic mass is 32.1. The molecule has 0 unspecified atom stereocenters. The Hall–Kier alpha value is -1.77. The molecule has 0 amide bonds. The predicted octanol–water partition coefficient (Wildman–Crippen LogP) is 3.04. The number of ether oxygens (including phenoxy) is 1. The number of carbonyl (C=O) groups is 1. The molecule has 0 saturated carbocycles. The topological polar surface area (TPSA) is 63.0 Å². The zero-order chi connectivity index (χ0) is 13.9. The number of thiazole rings is 1. The van der Waals surface area contributed by atoms with Crippen molar-refractivity contribution >= 4 is 27.3 Å². The van der Waals surface area contributed by atoms with Gasteiger partial charge >= 0.3 is 0 Å². The Morgan fingerprint density at radius 2 is 2.40 bits per heavy atom. The third kappa shape index (κ3) is 2.58. The van der Waals surface area contributed by atoms with Crippen LogP contribution >= 0.6 is 11.3 Å². The van der Waals surface area contributed by atoms with Crippen molar-refractivity contribution in [3.8, 4) is 6.07 Å². The van der Waals surface area contributed by atoms with Gasteiger partial charge in [0.05, 0.1) is 22.4 Å². The summed E-state index contributed by atoms with van der Waals surface area (Å²) in [5, 5.41) is 9.90. The zero-order valence-electron chi connectivity index (χ0n) is 10.9. The molecule has 4 nitrogen and oxygen atoms in total. The van der Waals surface area contributed by atoms with Crippen LogP contribution in [0.3, 0.4) is 0 Å². The van der Waals surface area contributed by atoms with Crippen LogP contribution in [0.25, 0.3) is 10.2 Å². The predicted molar refractivity (Wildman–Crippen MR) is 76.6 cm³/mol. The van der Waals surface area contributed by atoms with E-state index in [0.29, 0.717) is 11.4 Å². The van der Waals surface area contributed by atoms with Crippen molar-refractivity contribution in [1.82, 2.24) is 4.98 Å². The normalized spacial score (nSPS) is 19.9. The van der Waals surface area contributed by atoms with Crippen LogP contribution in [0.5, 0.6) is 0 Å². The Morgan fingerprint density at radius 1 is 1.55 bits per heavy atom. The van der Waals surface area contributed by atoms with Gasteiger partial charge in [-0.25, -0.2) is 4.98 Å². The summed E-state index contributed by atoms with van der Waals surface area (Å²) in [7, 11) is 0. The fraction of sp³-hybridized carbons (Fsp3) is 0.400. The fourth-order valence-electron chi connectivity index (χ4n) is 2.43. The molecular formula is C15H14N2O2S. The number of ketones is 1. The minimum atomic E-state index is -0.767. The summed E-state index contributed by atoms with van der Waals surface area (Å²) in [6.07, 6.45) is 2.20. The Kier molecular flexibility index (Phi) is 3.77. The maximum atomic E-state index is 12.3. The van der Waals surface area contributed by atoms with E-state index in [9.17, 15) is 10.1 Å². The molecule has 0 radical (unpaired) electrons. The Morgan fingerprint density at radius 3 is 3.10 bits per heavy atom. The number of nitriles is 1. The molecule has 0 aliphatic carbocycles. The van der Waals surface area contributed by atoms with Crippen molar-refractivity contribution in [2.45, 2.75) is 31.3 Å². The first-order valence-corrected chi connectivity index (χ1v) is 7.49. The van der Waals surface area contributed by atoms with Crippen molar-refractivity contribution in [3.63, 3.8) is 0 Å². The van der Waals surface area contributed by atoms with Gasteiger partial charge < -0.3 is 4.74 Å². The Bertz CT molecular complexity index is 635. The number of hydrogen-bond donors (Lipinski definition) is 0. The number of hydrogen-bond acceptors (Lipinski definition) is 5. The molecule has 1 fully saturated rings. The first-order chi connectivity index (χ1) is 9.78. The average Bonchev–Trinajstić information content (AvgIpc) is 3.08. The third-order valence-electron chi connectivity index (χ3n) is 3.46. The lowest BCUT2D eigenvalue weighted by molar-refractivity contribution is -0.121. The molecule has 1 aromatic carbocycles. The number of benzene rings is 1. The molecule has 0 spiro atoms. The monoisotopic (exact) mass is 286 g/mol. The van der Waals surface area contributed by atoms with Gasteiger partial charge in [-0.15, -0.1) is 11.3 Å². The maximum absolute atomic E-state index is 12.3. The highest BCUT2D eigenvalue weighted by Crippen LogP contribution is 2.29. The summed E-state index contributed by atoms with van der Waals surface area (Å²) >= 11 is 1.42. The van der Waals surface area contributed by atoms with E-state index in [1.165, 1.54) is 11.3 Å². The molecule has 102 valence electrons. The molecule has 1 aromatic heterocycles. The van der Waals surface area contributed by atoms with Crippen molar-refractivity contribution < 1.29 is 9.53 Å². The van der Waals surface area contributed by atoms with Gasteiger partial charge in [0.25, 0.3) is 0 Å². The van der Waals surface area contributed by atoms with Crippen LogP contribution in [0, 0.1) is 11.3 Å². The number of Topliss-reactive ketones (excluding diaryl/α,β-unsaturated/α-hetero) is 1. The summed E-state index contributed by atoms with van der Waals surface area (Å²) in [6, 6.07) is 9.78. The summed E-state index contributed by atoms with van der Waals surface area (Å²) in [4.78, 5) is 16.7. The average molecular weight is 286 g/mol.